The van der Waals surface area contributed by atoms with Gasteiger partial charge in [0.15, 0.2) is 5.96 Å². The van der Waals surface area contributed by atoms with Crippen LogP contribution in [0.25, 0.3) is 0 Å². The molecule has 0 spiro atoms. The Hall–Kier alpha value is -1.75. The molecule has 1 aromatic rings. The predicted octanol–water partition coefficient (Wildman–Crippen LogP) is 2.21. The summed E-state index contributed by atoms with van der Waals surface area (Å²) in [4.78, 5) is 6.75. The maximum atomic E-state index is 5.55. The summed E-state index contributed by atoms with van der Waals surface area (Å²) in [6.07, 6.45) is 4.25. The van der Waals surface area contributed by atoms with Crippen LogP contribution in [0.1, 0.15) is 29.9 Å². The van der Waals surface area contributed by atoms with E-state index in [1.807, 2.05) is 27.0 Å². The molecule has 5 heteroatoms. The number of aliphatic imine (C=N–C) groups is 1. The number of rotatable bonds is 5. The van der Waals surface area contributed by atoms with E-state index in [0.29, 0.717) is 6.04 Å². The fraction of sp³-hybridized carbons (Fsp3) is 0.588. The van der Waals surface area contributed by atoms with Crippen LogP contribution >= 0.6 is 0 Å². The molecule has 2 N–H and O–H groups in total. The highest BCUT2D eigenvalue weighted by molar-refractivity contribution is 5.80. The minimum atomic E-state index is 0.486. The Morgan fingerprint density at radius 1 is 1.45 bits per heavy atom. The van der Waals surface area contributed by atoms with Crippen molar-refractivity contribution in [1.29, 1.82) is 0 Å². The SMILES string of the molecule is C=CCN1CCC(NC(=NC)NCc2cc(C)oc2C)CC1. The predicted molar refractivity (Wildman–Crippen MR) is 91.2 cm³/mol. The highest BCUT2D eigenvalue weighted by Gasteiger charge is 2.19. The summed E-state index contributed by atoms with van der Waals surface area (Å²) >= 11 is 0. The summed E-state index contributed by atoms with van der Waals surface area (Å²) in [7, 11) is 1.82. The van der Waals surface area contributed by atoms with Crippen molar-refractivity contribution in [3.8, 4) is 0 Å². The van der Waals surface area contributed by atoms with Crippen LogP contribution in [0.5, 0.6) is 0 Å². The largest absolute Gasteiger partial charge is 0.466 e. The van der Waals surface area contributed by atoms with Crippen LogP contribution in [0.2, 0.25) is 0 Å². The van der Waals surface area contributed by atoms with E-state index in [1.165, 1.54) is 5.56 Å². The second-order valence-electron chi connectivity index (χ2n) is 5.87. The normalized spacial score (nSPS) is 17.5. The van der Waals surface area contributed by atoms with Gasteiger partial charge in [-0.2, -0.15) is 0 Å². The number of hydrogen-bond donors (Lipinski definition) is 2. The van der Waals surface area contributed by atoms with E-state index in [1.54, 1.807) is 0 Å². The van der Waals surface area contributed by atoms with E-state index in [-0.39, 0.29) is 0 Å². The fourth-order valence-electron chi connectivity index (χ4n) is 2.87. The number of nitrogens with zero attached hydrogens (tertiary/aromatic N) is 2. The number of guanidine groups is 1. The lowest BCUT2D eigenvalue weighted by atomic mass is 10.1. The first-order valence-corrected chi connectivity index (χ1v) is 7.98. The highest BCUT2D eigenvalue weighted by Crippen LogP contribution is 2.13. The summed E-state index contributed by atoms with van der Waals surface area (Å²) in [6, 6.07) is 2.56. The first kappa shape index (κ1) is 16.6. The zero-order chi connectivity index (χ0) is 15.9. The average molecular weight is 304 g/mol. The number of piperidine rings is 1. The number of hydrogen-bond acceptors (Lipinski definition) is 3. The Bertz CT molecular complexity index is 513. The second kappa shape index (κ2) is 8.03. The van der Waals surface area contributed by atoms with Crippen LogP contribution in [-0.4, -0.2) is 43.6 Å². The van der Waals surface area contributed by atoms with Crippen LogP contribution in [0.4, 0.5) is 0 Å². The van der Waals surface area contributed by atoms with E-state index in [4.69, 9.17) is 4.42 Å². The van der Waals surface area contributed by atoms with Crippen molar-refractivity contribution < 1.29 is 4.42 Å². The molecule has 22 heavy (non-hydrogen) atoms. The molecule has 0 radical (unpaired) electrons. The van der Waals surface area contributed by atoms with E-state index in [0.717, 1.165) is 56.5 Å². The highest BCUT2D eigenvalue weighted by atomic mass is 16.3. The summed E-state index contributed by atoms with van der Waals surface area (Å²) in [5, 5.41) is 6.89. The topological polar surface area (TPSA) is 52.8 Å². The molecule has 0 aliphatic carbocycles. The summed E-state index contributed by atoms with van der Waals surface area (Å²) < 4.78 is 5.55. The van der Waals surface area contributed by atoms with Crippen molar-refractivity contribution in [1.82, 2.24) is 15.5 Å². The third-order valence-corrected chi connectivity index (χ3v) is 4.13. The average Bonchev–Trinajstić information content (AvgIpc) is 2.83. The van der Waals surface area contributed by atoms with Gasteiger partial charge in [0.1, 0.15) is 11.5 Å². The van der Waals surface area contributed by atoms with Crippen LogP contribution in [0.15, 0.2) is 28.1 Å². The molecule has 2 heterocycles. The van der Waals surface area contributed by atoms with Gasteiger partial charge in [-0.3, -0.25) is 9.89 Å². The van der Waals surface area contributed by atoms with Gasteiger partial charge >= 0.3 is 0 Å². The van der Waals surface area contributed by atoms with Crippen molar-refractivity contribution in [2.45, 2.75) is 39.3 Å². The Balaban J connectivity index is 1.78. The molecule has 1 aliphatic heterocycles. The van der Waals surface area contributed by atoms with Crippen LogP contribution < -0.4 is 10.6 Å². The summed E-state index contributed by atoms with van der Waals surface area (Å²) in [6.45, 7) is 11.7. The molecule has 0 atom stereocenters. The van der Waals surface area contributed by atoms with E-state index in [9.17, 15) is 0 Å². The lowest BCUT2D eigenvalue weighted by Crippen LogP contribution is -2.48. The van der Waals surface area contributed by atoms with Gasteiger partial charge in [-0.25, -0.2) is 0 Å². The van der Waals surface area contributed by atoms with Crippen LogP contribution in [0.3, 0.4) is 0 Å². The monoisotopic (exact) mass is 304 g/mol. The Labute approximate surface area is 133 Å². The molecule has 1 aromatic heterocycles. The van der Waals surface area contributed by atoms with Gasteiger partial charge < -0.3 is 15.1 Å². The van der Waals surface area contributed by atoms with E-state index in [2.05, 4.69) is 33.2 Å². The molecule has 0 amide bonds. The molecule has 1 aliphatic rings. The maximum Gasteiger partial charge on any atom is 0.191 e. The van der Waals surface area contributed by atoms with Gasteiger partial charge in [-0.05, 0) is 32.8 Å². The summed E-state index contributed by atoms with van der Waals surface area (Å²) in [5.74, 6) is 2.78. The minimum absolute atomic E-state index is 0.486. The third kappa shape index (κ3) is 4.63. The molecular weight excluding hydrogens is 276 g/mol. The van der Waals surface area contributed by atoms with Crippen molar-refractivity contribution in [2.75, 3.05) is 26.7 Å². The first-order chi connectivity index (χ1) is 10.6. The van der Waals surface area contributed by atoms with Crippen molar-refractivity contribution >= 4 is 5.96 Å². The van der Waals surface area contributed by atoms with Gasteiger partial charge in [0.2, 0.25) is 0 Å². The van der Waals surface area contributed by atoms with Crippen molar-refractivity contribution in [3.05, 3.63) is 35.8 Å². The van der Waals surface area contributed by atoms with Gasteiger partial charge in [-0.15, -0.1) is 6.58 Å². The van der Waals surface area contributed by atoms with E-state index >= 15 is 0 Å². The molecule has 0 unspecified atom stereocenters. The Morgan fingerprint density at radius 3 is 2.73 bits per heavy atom. The number of furan rings is 1. The van der Waals surface area contributed by atoms with Gasteiger partial charge in [0.25, 0.3) is 0 Å². The first-order valence-electron chi connectivity index (χ1n) is 7.98. The van der Waals surface area contributed by atoms with E-state index < -0.39 is 0 Å². The van der Waals surface area contributed by atoms with Crippen LogP contribution in [-0.2, 0) is 6.54 Å². The maximum absolute atomic E-state index is 5.55. The number of aryl methyl sites for hydroxylation is 2. The Kier molecular flexibility index (Phi) is 6.07. The zero-order valence-electron chi connectivity index (χ0n) is 14.0. The molecular formula is C17H28N4O. The lowest BCUT2D eigenvalue weighted by Gasteiger charge is -2.32. The third-order valence-electron chi connectivity index (χ3n) is 4.13. The molecule has 0 bridgehead atoms. The second-order valence-corrected chi connectivity index (χ2v) is 5.87. The number of likely N-dealkylation sites (tertiary alicyclic amines) is 1. The zero-order valence-corrected chi connectivity index (χ0v) is 14.0. The molecule has 122 valence electrons. The smallest absolute Gasteiger partial charge is 0.191 e. The molecule has 1 saturated heterocycles. The van der Waals surface area contributed by atoms with Gasteiger partial charge in [0, 0.05) is 44.8 Å². The van der Waals surface area contributed by atoms with Crippen molar-refractivity contribution in [2.24, 2.45) is 4.99 Å². The van der Waals surface area contributed by atoms with Gasteiger partial charge in [0.05, 0.1) is 0 Å². The molecule has 0 aromatic carbocycles. The van der Waals surface area contributed by atoms with Crippen LogP contribution in [0, 0.1) is 13.8 Å². The van der Waals surface area contributed by atoms with Crippen molar-refractivity contribution in [3.63, 3.8) is 0 Å². The Morgan fingerprint density at radius 2 is 2.18 bits per heavy atom. The lowest BCUT2D eigenvalue weighted by molar-refractivity contribution is 0.225. The summed E-state index contributed by atoms with van der Waals surface area (Å²) in [5.41, 5.74) is 1.18. The fourth-order valence-corrected chi connectivity index (χ4v) is 2.87. The minimum Gasteiger partial charge on any atom is -0.466 e. The number of nitrogens with one attached hydrogen (secondary N) is 2. The molecule has 5 nitrogen and oxygen atoms in total. The molecule has 2 rings (SSSR count). The standard InChI is InChI=1S/C17H28N4O/c1-5-8-21-9-6-16(7-10-21)20-17(18-4)19-12-15-11-13(2)22-14(15)3/h5,11,16H,1,6-10,12H2,2-4H3,(H2,18,19,20). The molecule has 0 saturated carbocycles. The molecule has 1 fully saturated rings. The quantitative estimate of drug-likeness (QED) is 0.497. The van der Waals surface area contributed by atoms with Gasteiger partial charge in [-0.1, -0.05) is 6.08 Å².